The number of halogens is 1. The third-order valence-electron chi connectivity index (χ3n) is 5.56. The van der Waals surface area contributed by atoms with E-state index in [1.165, 1.54) is 0 Å². The predicted octanol–water partition coefficient (Wildman–Crippen LogP) is 5.84. The van der Waals surface area contributed by atoms with Gasteiger partial charge in [0.25, 0.3) is 0 Å². The number of aliphatic hydroxyl groups is 1. The molecular weight excluding hydrogens is 538 g/mol. The number of carbonyl (C=O) groups is 1. The fourth-order valence-electron chi connectivity index (χ4n) is 3.88. The van der Waals surface area contributed by atoms with Gasteiger partial charge in [-0.05, 0) is 43.9 Å². The van der Waals surface area contributed by atoms with Crippen molar-refractivity contribution in [2.45, 2.75) is 71.1 Å². The Labute approximate surface area is 230 Å². The minimum Gasteiger partial charge on any atom is -0.467 e. The van der Waals surface area contributed by atoms with Gasteiger partial charge < -0.3 is 29.4 Å². The van der Waals surface area contributed by atoms with Crippen LogP contribution in [0.3, 0.4) is 0 Å². The molecule has 2 rings (SSSR count). The van der Waals surface area contributed by atoms with Crippen molar-refractivity contribution in [3.63, 3.8) is 0 Å². The quantitative estimate of drug-likeness (QED) is 0.175. The Morgan fingerprint density at radius 1 is 1.03 bits per heavy atom. The second-order valence-electron chi connectivity index (χ2n) is 10.9. The van der Waals surface area contributed by atoms with Crippen molar-refractivity contribution in [3.8, 4) is 5.75 Å². The molecule has 37 heavy (non-hydrogen) atoms. The Hall–Kier alpha value is -1.97. The maximum atomic E-state index is 13.0. The van der Waals surface area contributed by atoms with Crippen molar-refractivity contribution in [2.75, 3.05) is 33.7 Å². The molecule has 0 heterocycles. The summed E-state index contributed by atoms with van der Waals surface area (Å²) in [6.45, 7) is 12.6. The topological polar surface area (TPSA) is 86.3 Å². The van der Waals surface area contributed by atoms with Gasteiger partial charge >= 0.3 is 5.97 Å². The molecule has 0 spiro atoms. The van der Waals surface area contributed by atoms with Gasteiger partial charge in [0.1, 0.15) is 11.4 Å². The smallest absolute Gasteiger partial charge is 0.308 e. The van der Waals surface area contributed by atoms with Crippen LogP contribution in [0, 0.1) is 0 Å². The average Bonchev–Trinajstić information content (AvgIpc) is 2.80. The highest BCUT2D eigenvalue weighted by Gasteiger charge is 2.30. The van der Waals surface area contributed by atoms with Crippen molar-refractivity contribution < 1.29 is 28.8 Å². The number of carbonyl (C=O) groups excluding carboxylic acids is 1. The van der Waals surface area contributed by atoms with E-state index in [0.717, 1.165) is 21.2 Å². The van der Waals surface area contributed by atoms with E-state index in [1.54, 1.807) is 7.11 Å². The highest BCUT2D eigenvalue weighted by molar-refractivity contribution is 9.10. The van der Waals surface area contributed by atoms with E-state index in [-0.39, 0.29) is 31.2 Å². The summed E-state index contributed by atoms with van der Waals surface area (Å²) < 4.78 is 23.4. The van der Waals surface area contributed by atoms with E-state index >= 15 is 0 Å². The Morgan fingerprint density at radius 3 is 2.27 bits per heavy atom. The summed E-state index contributed by atoms with van der Waals surface area (Å²) in [4.78, 5) is 13.0. The van der Waals surface area contributed by atoms with Gasteiger partial charge in [0.05, 0.1) is 32.3 Å². The van der Waals surface area contributed by atoms with Crippen LogP contribution in [0.25, 0.3) is 0 Å². The molecule has 0 saturated heterocycles. The molecule has 0 aliphatic heterocycles. The SMILES string of the molecule is COCCOCOc1c(C(CC(=O)OC(C)(C)C)NC(CO)c2ccccc2)cc(Br)cc1C(C)(C)C. The summed E-state index contributed by atoms with van der Waals surface area (Å²) in [5.41, 5.74) is 1.76. The fourth-order valence-corrected chi connectivity index (χ4v) is 4.36. The van der Waals surface area contributed by atoms with E-state index in [2.05, 4.69) is 42.0 Å². The van der Waals surface area contributed by atoms with Gasteiger partial charge in [0.15, 0.2) is 6.79 Å². The van der Waals surface area contributed by atoms with Gasteiger partial charge in [0.2, 0.25) is 0 Å². The lowest BCUT2D eigenvalue weighted by molar-refractivity contribution is -0.155. The Morgan fingerprint density at radius 2 is 1.70 bits per heavy atom. The third-order valence-corrected chi connectivity index (χ3v) is 6.02. The van der Waals surface area contributed by atoms with Gasteiger partial charge in [0, 0.05) is 28.8 Å². The number of ether oxygens (including phenoxy) is 4. The number of hydrogen-bond donors (Lipinski definition) is 2. The monoisotopic (exact) mass is 579 g/mol. The maximum absolute atomic E-state index is 13.0. The molecule has 2 atom stereocenters. The van der Waals surface area contributed by atoms with Crippen LogP contribution < -0.4 is 10.1 Å². The van der Waals surface area contributed by atoms with Crippen molar-refractivity contribution in [3.05, 3.63) is 63.6 Å². The van der Waals surface area contributed by atoms with E-state index in [0.29, 0.717) is 19.0 Å². The first-order valence-corrected chi connectivity index (χ1v) is 13.3. The van der Waals surface area contributed by atoms with Crippen LogP contribution >= 0.6 is 15.9 Å². The van der Waals surface area contributed by atoms with Gasteiger partial charge in [-0.25, -0.2) is 0 Å². The highest BCUT2D eigenvalue weighted by Crippen LogP contribution is 2.41. The molecule has 2 aromatic rings. The second kappa shape index (κ2) is 14.3. The lowest BCUT2D eigenvalue weighted by atomic mass is 9.83. The first-order chi connectivity index (χ1) is 17.4. The van der Waals surface area contributed by atoms with Gasteiger partial charge in [-0.15, -0.1) is 0 Å². The number of esters is 1. The van der Waals surface area contributed by atoms with Crippen molar-refractivity contribution in [2.24, 2.45) is 0 Å². The standard InChI is InChI=1S/C29H42BrNO6/c1-28(2,3)23-16-21(30)15-22(27(23)36-19-35-14-13-34-7)24(17-26(33)37-29(4,5)6)31-25(18-32)20-11-9-8-10-12-20/h8-12,15-16,24-25,31-32H,13-14,17-19H2,1-7H3. The van der Waals surface area contributed by atoms with Crippen LogP contribution in [0.5, 0.6) is 5.75 Å². The maximum Gasteiger partial charge on any atom is 0.308 e. The molecule has 7 nitrogen and oxygen atoms in total. The van der Waals surface area contributed by atoms with Crippen LogP contribution in [0.4, 0.5) is 0 Å². The van der Waals surface area contributed by atoms with Gasteiger partial charge in [-0.1, -0.05) is 67.0 Å². The van der Waals surface area contributed by atoms with Crippen LogP contribution in [0.15, 0.2) is 46.9 Å². The molecule has 0 radical (unpaired) electrons. The van der Waals surface area contributed by atoms with Crippen LogP contribution in [-0.2, 0) is 24.4 Å². The van der Waals surface area contributed by atoms with Gasteiger partial charge in [-0.3, -0.25) is 4.79 Å². The summed E-state index contributed by atoms with van der Waals surface area (Å²) in [5, 5.41) is 13.8. The molecule has 206 valence electrons. The zero-order chi connectivity index (χ0) is 27.6. The zero-order valence-electron chi connectivity index (χ0n) is 23.1. The first-order valence-electron chi connectivity index (χ1n) is 12.5. The second-order valence-corrected chi connectivity index (χ2v) is 11.9. The lowest BCUT2D eigenvalue weighted by Crippen LogP contribution is -2.33. The number of rotatable bonds is 13. The summed E-state index contributed by atoms with van der Waals surface area (Å²) in [5.74, 6) is 0.285. The van der Waals surface area contributed by atoms with E-state index in [9.17, 15) is 9.90 Å². The molecule has 0 aliphatic carbocycles. The number of methoxy groups -OCH3 is 1. The number of benzene rings is 2. The molecule has 0 fully saturated rings. The number of aliphatic hydroxyl groups excluding tert-OH is 1. The molecule has 2 aromatic carbocycles. The molecule has 0 saturated carbocycles. The molecule has 2 N–H and O–H groups in total. The van der Waals surface area contributed by atoms with Crippen molar-refractivity contribution in [1.29, 1.82) is 0 Å². The summed E-state index contributed by atoms with van der Waals surface area (Å²) in [6, 6.07) is 12.7. The number of hydrogen-bond acceptors (Lipinski definition) is 7. The third kappa shape index (κ3) is 10.4. The summed E-state index contributed by atoms with van der Waals surface area (Å²) in [7, 11) is 1.62. The Bertz CT molecular complexity index is 984. The minimum atomic E-state index is -0.625. The van der Waals surface area contributed by atoms with E-state index < -0.39 is 17.7 Å². The fraction of sp³-hybridized carbons (Fsp3) is 0.552. The average molecular weight is 581 g/mol. The van der Waals surface area contributed by atoms with Crippen molar-refractivity contribution in [1.82, 2.24) is 5.32 Å². The molecule has 2 unspecified atom stereocenters. The molecule has 8 heteroatoms. The van der Waals surface area contributed by atoms with E-state index in [1.807, 2.05) is 63.2 Å². The van der Waals surface area contributed by atoms with Crippen LogP contribution in [-0.4, -0.2) is 50.4 Å². The largest absolute Gasteiger partial charge is 0.467 e. The lowest BCUT2D eigenvalue weighted by Gasteiger charge is -2.31. The molecule has 0 amide bonds. The Balaban J connectivity index is 2.55. The highest BCUT2D eigenvalue weighted by atomic mass is 79.9. The minimum absolute atomic E-state index is 0.0301. The van der Waals surface area contributed by atoms with E-state index in [4.69, 9.17) is 18.9 Å². The molecule has 0 bridgehead atoms. The molecule has 0 aliphatic rings. The van der Waals surface area contributed by atoms with Gasteiger partial charge in [-0.2, -0.15) is 0 Å². The normalized spacial score (nSPS) is 13.8. The molecule has 0 aromatic heterocycles. The van der Waals surface area contributed by atoms with Crippen LogP contribution in [0.2, 0.25) is 0 Å². The first kappa shape index (κ1) is 31.2. The Kier molecular flexibility index (Phi) is 12.0. The predicted molar refractivity (Wildman–Crippen MR) is 149 cm³/mol. The summed E-state index contributed by atoms with van der Waals surface area (Å²) >= 11 is 3.66. The molecular formula is C29H42BrNO6. The zero-order valence-corrected chi connectivity index (χ0v) is 24.7. The number of nitrogens with one attached hydrogen (secondary N) is 1. The summed E-state index contributed by atoms with van der Waals surface area (Å²) in [6.07, 6.45) is 0.0432. The van der Waals surface area contributed by atoms with Crippen LogP contribution in [0.1, 0.15) is 76.7 Å². The van der Waals surface area contributed by atoms with Crippen molar-refractivity contribution >= 4 is 21.9 Å².